The zero-order valence-electron chi connectivity index (χ0n) is 27.7. The van der Waals surface area contributed by atoms with Gasteiger partial charge in [-0.2, -0.15) is 0 Å². The fourth-order valence-corrected chi connectivity index (χ4v) is 8.15. The van der Waals surface area contributed by atoms with Gasteiger partial charge in [-0.3, -0.25) is 29.0 Å². The van der Waals surface area contributed by atoms with Crippen molar-refractivity contribution in [2.24, 2.45) is 33.8 Å². The molecule has 0 spiro atoms. The van der Waals surface area contributed by atoms with Gasteiger partial charge in [0.25, 0.3) is 0 Å². The van der Waals surface area contributed by atoms with Crippen molar-refractivity contribution < 1.29 is 24.0 Å². The Balaban J connectivity index is 1.27. The normalized spacial score (nSPS) is 26.4. The predicted octanol–water partition coefficient (Wildman–Crippen LogP) is -0.278. The summed E-state index contributed by atoms with van der Waals surface area (Å²) < 4.78 is 0. The summed E-state index contributed by atoms with van der Waals surface area (Å²) in [6, 6.07) is 5.33. The summed E-state index contributed by atoms with van der Waals surface area (Å²) in [5.41, 5.74) is 23.7. The standard InChI is InChI=1S/C34H51N9O5/c35-23(12-6-16-39-34(37)38)31(46)43-25-13-5-4-11-22(25)20-28(43)33(48)42-18-8-15-27(42)32(47)41-17-7-14-26(41)30(45)40-24(29(36)44)19-21-9-2-1-3-10-21/h1-3,9-10,22-28H,4-8,11-20,35H2,(H2,36,44)(H,40,45)(H4,37,38,39)/t22-,23+,24-,25-,26+,27-,28-/m0/s1. The molecule has 0 unspecified atom stereocenters. The van der Waals surface area contributed by atoms with Crippen LogP contribution in [0.4, 0.5) is 0 Å². The number of aliphatic imine (C=N–C) groups is 1. The molecule has 1 aliphatic carbocycles. The van der Waals surface area contributed by atoms with Gasteiger partial charge >= 0.3 is 0 Å². The van der Waals surface area contributed by atoms with Crippen LogP contribution in [0.3, 0.4) is 0 Å². The monoisotopic (exact) mass is 665 g/mol. The lowest BCUT2D eigenvalue weighted by molar-refractivity contribution is -0.151. The molecule has 3 saturated heterocycles. The summed E-state index contributed by atoms with van der Waals surface area (Å²) in [5, 5.41) is 2.78. The molecule has 262 valence electrons. The molecule has 4 aliphatic rings. The topological polar surface area (TPSA) is 224 Å². The third-order valence-electron chi connectivity index (χ3n) is 10.5. The van der Waals surface area contributed by atoms with E-state index in [1.54, 1.807) is 14.7 Å². The van der Waals surface area contributed by atoms with Crippen LogP contribution in [0.25, 0.3) is 0 Å². The second kappa shape index (κ2) is 15.8. The fraction of sp³-hybridized carbons (Fsp3) is 0.647. The first-order valence-corrected chi connectivity index (χ1v) is 17.4. The number of guanidine groups is 1. The van der Waals surface area contributed by atoms with Gasteiger partial charge in [-0.05, 0) is 69.3 Å². The second-order valence-corrected chi connectivity index (χ2v) is 13.7. The molecule has 1 saturated carbocycles. The van der Waals surface area contributed by atoms with Gasteiger partial charge < -0.3 is 43.0 Å². The lowest BCUT2D eigenvalue weighted by Gasteiger charge is -2.37. The van der Waals surface area contributed by atoms with E-state index in [4.69, 9.17) is 22.9 Å². The molecular formula is C34H51N9O5. The Hall–Kier alpha value is -4.20. The molecule has 9 N–H and O–H groups in total. The number of rotatable bonds is 12. The third kappa shape index (κ3) is 7.91. The van der Waals surface area contributed by atoms with Crippen molar-refractivity contribution >= 4 is 35.5 Å². The van der Waals surface area contributed by atoms with Gasteiger partial charge in [0, 0.05) is 32.1 Å². The SMILES string of the molecule is NC(=O)[C@H](Cc1ccccc1)NC(=O)[C@H]1CCCN1C(=O)[C@@H]1CCCN1C(=O)[C@@H]1C[C@@H]2CCCC[C@@H]2N1C(=O)[C@H](N)CCCN=C(N)N. The van der Waals surface area contributed by atoms with E-state index in [2.05, 4.69) is 10.3 Å². The average Bonchev–Trinajstić information content (AvgIpc) is 3.84. The average molecular weight is 666 g/mol. The van der Waals surface area contributed by atoms with Crippen molar-refractivity contribution in [3.8, 4) is 0 Å². The highest BCUT2D eigenvalue weighted by atomic mass is 16.2. The maximum atomic E-state index is 14.3. The van der Waals surface area contributed by atoms with Gasteiger partial charge in [-0.15, -0.1) is 0 Å². The van der Waals surface area contributed by atoms with E-state index in [0.717, 1.165) is 31.2 Å². The first-order chi connectivity index (χ1) is 23.1. The van der Waals surface area contributed by atoms with E-state index in [1.807, 2.05) is 30.3 Å². The van der Waals surface area contributed by atoms with Crippen LogP contribution < -0.4 is 28.3 Å². The van der Waals surface area contributed by atoms with Crippen LogP contribution in [-0.4, -0.2) is 106 Å². The molecular weight excluding hydrogens is 614 g/mol. The molecule has 3 heterocycles. The van der Waals surface area contributed by atoms with Crippen molar-refractivity contribution in [2.75, 3.05) is 19.6 Å². The number of nitrogens with zero attached hydrogens (tertiary/aromatic N) is 4. The molecule has 3 aliphatic heterocycles. The van der Waals surface area contributed by atoms with Gasteiger partial charge in [0.15, 0.2) is 5.96 Å². The summed E-state index contributed by atoms with van der Waals surface area (Å²) in [4.78, 5) is 76.9. The zero-order chi connectivity index (χ0) is 34.4. The second-order valence-electron chi connectivity index (χ2n) is 13.7. The van der Waals surface area contributed by atoms with Crippen molar-refractivity contribution in [1.82, 2.24) is 20.0 Å². The van der Waals surface area contributed by atoms with Crippen LogP contribution in [0.5, 0.6) is 0 Å². The van der Waals surface area contributed by atoms with Gasteiger partial charge in [0.1, 0.15) is 24.2 Å². The minimum Gasteiger partial charge on any atom is -0.370 e. The van der Waals surface area contributed by atoms with E-state index in [1.165, 1.54) is 0 Å². The largest absolute Gasteiger partial charge is 0.370 e. The van der Waals surface area contributed by atoms with Crippen molar-refractivity contribution in [2.45, 2.75) is 113 Å². The smallest absolute Gasteiger partial charge is 0.246 e. The summed E-state index contributed by atoms with van der Waals surface area (Å²) in [6.07, 6.45) is 7.72. The van der Waals surface area contributed by atoms with E-state index >= 15 is 0 Å². The first-order valence-electron chi connectivity index (χ1n) is 17.4. The van der Waals surface area contributed by atoms with E-state index in [9.17, 15) is 24.0 Å². The summed E-state index contributed by atoms with van der Waals surface area (Å²) in [7, 11) is 0. The van der Waals surface area contributed by atoms with E-state index < -0.39 is 42.0 Å². The lowest BCUT2D eigenvalue weighted by atomic mass is 9.84. The number of amides is 5. The number of carbonyl (C=O) groups is 5. The van der Waals surface area contributed by atoms with Gasteiger partial charge in [0.05, 0.1) is 6.04 Å². The minimum absolute atomic E-state index is 0.0151. The van der Waals surface area contributed by atoms with Crippen LogP contribution in [0.2, 0.25) is 0 Å². The number of likely N-dealkylation sites (tertiary alicyclic amines) is 3. The Morgan fingerprint density at radius 3 is 2.17 bits per heavy atom. The molecule has 1 aromatic carbocycles. The molecule has 0 bridgehead atoms. The van der Waals surface area contributed by atoms with Crippen LogP contribution in [-0.2, 0) is 30.4 Å². The van der Waals surface area contributed by atoms with E-state index in [-0.39, 0.29) is 42.1 Å². The molecule has 5 rings (SSSR count). The number of primary amides is 1. The highest BCUT2D eigenvalue weighted by molar-refractivity contribution is 5.96. The van der Waals surface area contributed by atoms with Crippen molar-refractivity contribution in [1.29, 1.82) is 0 Å². The third-order valence-corrected chi connectivity index (χ3v) is 10.5. The molecule has 7 atom stereocenters. The summed E-state index contributed by atoms with van der Waals surface area (Å²) in [5.74, 6) is -1.63. The van der Waals surface area contributed by atoms with Gasteiger partial charge in [-0.1, -0.05) is 43.2 Å². The number of hydrogen-bond acceptors (Lipinski definition) is 7. The highest BCUT2D eigenvalue weighted by Crippen LogP contribution is 2.41. The number of carbonyl (C=O) groups excluding carboxylic acids is 5. The van der Waals surface area contributed by atoms with Gasteiger partial charge in [0.2, 0.25) is 29.5 Å². The Labute approximate surface area is 282 Å². The Morgan fingerprint density at radius 1 is 0.833 bits per heavy atom. The van der Waals surface area contributed by atoms with Crippen LogP contribution >= 0.6 is 0 Å². The predicted molar refractivity (Wildman–Crippen MR) is 180 cm³/mol. The number of nitrogens with two attached hydrogens (primary N) is 4. The number of fused-ring (bicyclic) bond motifs is 1. The number of benzene rings is 1. The first kappa shape index (κ1) is 35.1. The molecule has 1 aromatic rings. The highest BCUT2D eigenvalue weighted by Gasteiger charge is 2.51. The molecule has 14 heteroatoms. The maximum absolute atomic E-state index is 14.3. The molecule has 14 nitrogen and oxygen atoms in total. The summed E-state index contributed by atoms with van der Waals surface area (Å²) >= 11 is 0. The fourth-order valence-electron chi connectivity index (χ4n) is 8.15. The molecule has 4 fully saturated rings. The van der Waals surface area contributed by atoms with Crippen LogP contribution in [0.1, 0.15) is 76.2 Å². The molecule has 0 aromatic heterocycles. The number of nitrogens with one attached hydrogen (secondary N) is 1. The van der Waals surface area contributed by atoms with Crippen molar-refractivity contribution in [3.05, 3.63) is 35.9 Å². The quantitative estimate of drug-likeness (QED) is 0.113. The Morgan fingerprint density at radius 2 is 1.48 bits per heavy atom. The van der Waals surface area contributed by atoms with Crippen LogP contribution in [0.15, 0.2) is 35.3 Å². The van der Waals surface area contributed by atoms with E-state index in [0.29, 0.717) is 64.6 Å². The molecule has 48 heavy (non-hydrogen) atoms. The maximum Gasteiger partial charge on any atom is 0.246 e. The minimum atomic E-state index is -0.922. The van der Waals surface area contributed by atoms with Gasteiger partial charge in [-0.25, -0.2) is 0 Å². The molecule has 0 radical (unpaired) electrons. The van der Waals surface area contributed by atoms with Crippen molar-refractivity contribution in [3.63, 3.8) is 0 Å². The Bertz CT molecular complexity index is 1370. The zero-order valence-corrected chi connectivity index (χ0v) is 27.7. The van der Waals surface area contributed by atoms with Crippen LogP contribution in [0, 0.1) is 5.92 Å². The molecule has 5 amide bonds. The number of hydrogen-bond donors (Lipinski definition) is 5. The summed E-state index contributed by atoms with van der Waals surface area (Å²) in [6.45, 7) is 1.14. The lowest BCUT2D eigenvalue weighted by Crippen LogP contribution is -2.58. The Kier molecular flexibility index (Phi) is 11.6.